The average molecular weight is 417 g/mol. The van der Waals surface area contributed by atoms with Crippen molar-refractivity contribution in [1.82, 2.24) is 5.32 Å². The molecule has 0 aromatic heterocycles. The zero-order chi connectivity index (χ0) is 20.9. The molecule has 3 rings (SSSR count). The van der Waals surface area contributed by atoms with Gasteiger partial charge in [0.15, 0.2) is 0 Å². The number of carbonyl (C=O) groups excluding carboxylic acids is 2. The summed E-state index contributed by atoms with van der Waals surface area (Å²) in [6, 6.07) is 12.5. The van der Waals surface area contributed by atoms with Crippen LogP contribution in [0.5, 0.6) is 0 Å². The number of para-hydroxylation sites is 1. The van der Waals surface area contributed by atoms with E-state index in [1.807, 2.05) is 0 Å². The second-order valence-electron chi connectivity index (χ2n) is 6.54. The molecule has 1 saturated heterocycles. The number of sulfonamides is 1. The number of hydrogen-bond acceptors (Lipinski definition) is 5. The van der Waals surface area contributed by atoms with Gasteiger partial charge in [-0.1, -0.05) is 12.1 Å². The van der Waals surface area contributed by atoms with E-state index in [-0.39, 0.29) is 22.1 Å². The molecule has 0 spiro atoms. The minimum absolute atomic E-state index is 0.0344. The first-order valence-electron chi connectivity index (χ1n) is 9.22. The SMILES string of the molecule is COCCNC(=O)c1ccccc1NS(=O)(=O)c1ccc(N2CCCC2=O)cc1. The summed E-state index contributed by atoms with van der Waals surface area (Å²) in [5.74, 6) is -0.365. The zero-order valence-electron chi connectivity index (χ0n) is 16.1. The van der Waals surface area contributed by atoms with Crippen LogP contribution in [0.15, 0.2) is 53.4 Å². The van der Waals surface area contributed by atoms with Crippen molar-refractivity contribution < 1.29 is 22.7 Å². The second-order valence-corrected chi connectivity index (χ2v) is 8.23. The molecule has 2 aromatic rings. The summed E-state index contributed by atoms with van der Waals surface area (Å²) in [4.78, 5) is 25.9. The Labute approximate surface area is 169 Å². The number of hydrogen-bond donors (Lipinski definition) is 2. The number of anilines is 2. The third kappa shape index (κ3) is 4.93. The predicted molar refractivity (Wildman–Crippen MR) is 109 cm³/mol. The minimum Gasteiger partial charge on any atom is -0.383 e. The Hall–Kier alpha value is -2.91. The van der Waals surface area contributed by atoms with Gasteiger partial charge in [-0.2, -0.15) is 0 Å². The van der Waals surface area contributed by atoms with Crippen molar-refractivity contribution in [2.45, 2.75) is 17.7 Å². The van der Waals surface area contributed by atoms with Crippen LogP contribution in [-0.2, 0) is 19.6 Å². The second kappa shape index (κ2) is 9.06. The minimum atomic E-state index is -3.91. The molecule has 2 aromatic carbocycles. The van der Waals surface area contributed by atoms with Crippen molar-refractivity contribution in [2.75, 3.05) is 36.4 Å². The molecule has 0 atom stereocenters. The van der Waals surface area contributed by atoms with Crippen LogP contribution in [0.4, 0.5) is 11.4 Å². The van der Waals surface area contributed by atoms with Gasteiger partial charge in [0.1, 0.15) is 0 Å². The predicted octanol–water partition coefficient (Wildman–Crippen LogP) is 1.99. The summed E-state index contributed by atoms with van der Waals surface area (Å²) in [5, 5.41) is 2.67. The first-order chi connectivity index (χ1) is 13.9. The number of methoxy groups -OCH3 is 1. The summed E-state index contributed by atoms with van der Waals surface area (Å²) in [6.45, 7) is 1.30. The van der Waals surface area contributed by atoms with Crippen molar-refractivity contribution in [3.63, 3.8) is 0 Å². The van der Waals surface area contributed by atoms with Crippen LogP contribution in [0, 0.1) is 0 Å². The van der Waals surface area contributed by atoms with E-state index < -0.39 is 15.9 Å². The number of nitrogens with one attached hydrogen (secondary N) is 2. The van der Waals surface area contributed by atoms with Crippen molar-refractivity contribution in [2.24, 2.45) is 0 Å². The van der Waals surface area contributed by atoms with E-state index in [0.717, 1.165) is 6.42 Å². The van der Waals surface area contributed by atoms with Gasteiger partial charge in [0.25, 0.3) is 15.9 Å². The van der Waals surface area contributed by atoms with Gasteiger partial charge in [-0.15, -0.1) is 0 Å². The molecule has 0 aliphatic carbocycles. The fraction of sp³-hybridized carbons (Fsp3) is 0.300. The molecule has 1 aliphatic rings. The highest BCUT2D eigenvalue weighted by Gasteiger charge is 2.23. The molecule has 0 radical (unpaired) electrons. The molecule has 8 nitrogen and oxygen atoms in total. The Morgan fingerprint density at radius 2 is 1.86 bits per heavy atom. The molecule has 1 fully saturated rings. The van der Waals surface area contributed by atoms with E-state index in [2.05, 4.69) is 10.0 Å². The number of amides is 2. The molecule has 1 aliphatic heterocycles. The standard InChI is InChI=1S/C20H23N3O5S/c1-28-14-12-21-20(25)17-5-2-3-6-18(17)22-29(26,27)16-10-8-15(9-11-16)23-13-4-7-19(23)24/h2-3,5-6,8-11,22H,4,7,12-14H2,1H3,(H,21,25). The fourth-order valence-corrected chi connectivity index (χ4v) is 4.14. The lowest BCUT2D eigenvalue weighted by molar-refractivity contribution is -0.117. The highest BCUT2D eigenvalue weighted by Crippen LogP contribution is 2.25. The lowest BCUT2D eigenvalue weighted by Gasteiger charge is -2.16. The monoisotopic (exact) mass is 417 g/mol. The Balaban J connectivity index is 1.77. The number of benzene rings is 2. The molecule has 0 bridgehead atoms. The Morgan fingerprint density at radius 3 is 2.52 bits per heavy atom. The van der Waals surface area contributed by atoms with Gasteiger partial charge in [-0.3, -0.25) is 14.3 Å². The van der Waals surface area contributed by atoms with E-state index in [4.69, 9.17) is 4.74 Å². The molecule has 0 unspecified atom stereocenters. The van der Waals surface area contributed by atoms with E-state index in [1.165, 1.54) is 25.3 Å². The molecular weight excluding hydrogens is 394 g/mol. The molecule has 1 heterocycles. The van der Waals surface area contributed by atoms with E-state index in [1.54, 1.807) is 35.2 Å². The third-order valence-corrected chi connectivity index (χ3v) is 5.92. The normalized spacial score (nSPS) is 14.1. The summed E-state index contributed by atoms with van der Waals surface area (Å²) in [7, 11) is -2.38. The lowest BCUT2D eigenvalue weighted by Crippen LogP contribution is -2.28. The van der Waals surface area contributed by atoms with Crippen molar-refractivity contribution >= 4 is 33.2 Å². The van der Waals surface area contributed by atoms with Crippen LogP contribution in [0.25, 0.3) is 0 Å². The molecule has 0 saturated carbocycles. The summed E-state index contributed by atoms with van der Waals surface area (Å²) in [5.41, 5.74) is 1.07. The van der Waals surface area contributed by atoms with E-state index in [9.17, 15) is 18.0 Å². The highest BCUT2D eigenvalue weighted by atomic mass is 32.2. The van der Waals surface area contributed by atoms with Gasteiger partial charge < -0.3 is 15.0 Å². The van der Waals surface area contributed by atoms with Gasteiger partial charge >= 0.3 is 0 Å². The third-order valence-electron chi connectivity index (χ3n) is 4.54. The molecule has 2 N–H and O–H groups in total. The Morgan fingerprint density at radius 1 is 1.14 bits per heavy atom. The van der Waals surface area contributed by atoms with Gasteiger partial charge in [-0.25, -0.2) is 8.42 Å². The molecule has 29 heavy (non-hydrogen) atoms. The fourth-order valence-electron chi connectivity index (χ4n) is 3.06. The maximum Gasteiger partial charge on any atom is 0.261 e. The maximum absolute atomic E-state index is 12.8. The topological polar surface area (TPSA) is 105 Å². The smallest absolute Gasteiger partial charge is 0.261 e. The maximum atomic E-state index is 12.8. The van der Waals surface area contributed by atoms with Crippen LogP contribution in [-0.4, -0.2) is 47.0 Å². The molecule has 154 valence electrons. The number of rotatable bonds is 8. The Kier molecular flexibility index (Phi) is 6.50. The quantitative estimate of drug-likeness (QED) is 0.639. The molecule has 2 amide bonds. The van der Waals surface area contributed by atoms with Gasteiger partial charge in [0, 0.05) is 32.3 Å². The highest BCUT2D eigenvalue weighted by molar-refractivity contribution is 7.92. The first-order valence-corrected chi connectivity index (χ1v) is 10.7. The van der Waals surface area contributed by atoms with Gasteiger partial charge in [0.05, 0.1) is 22.8 Å². The number of carbonyl (C=O) groups is 2. The molecular formula is C20H23N3O5S. The largest absolute Gasteiger partial charge is 0.383 e. The van der Waals surface area contributed by atoms with Crippen LogP contribution in [0.3, 0.4) is 0 Å². The van der Waals surface area contributed by atoms with Crippen LogP contribution in [0.2, 0.25) is 0 Å². The van der Waals surface area contributed by atoms with E-state index in [0.29, 0.717) is 31.8 Å². The summed E-state index contributed by atoms with van der Waals surface area (Å²) >= 11 is 0. The number of nitrogens with zero attached hydrogens (tertiary/aromatic N) is 1. The first kappa shape index (κ1) is 20.8. The zero-order valence-corrected chi connectivity index (χ0v) is 16.9. The average Bonchev–Trinajstić information content (AvgIpc) is 3.14. The Bertz CT molecular complexity index is 989. The van der Waals surface area contributed by atoms with Crippen LogP contribution in [0.1, 0.15) is 23.2 Å². The number of ether oxygens (including phenoxy) is 1. The van der Waals surface area contributed by atoms with Gasteiger partial charge in [0.2, 0.25) is 5.91 Å². The van der Waals surface area contributed by atoms with Gasteiger partial charge in [-0.05, 0) is 42.8 Å². The molecule has 9 heteroatoms. The van der Waals surface area contributed by atoms with E-state index >= 15 is 0 Å². The van der Waals surface area contributed by atoms with Crippen LogP contribution >= 0.6 is 0 Å². The van der Waals surface area contributed by atoms with Crippen molar-refractivity contribution in [3.8, 4) is 0 Å². The van der Waals surface area contributed by atoms with Crippen molar-refractivity contribution in [3.05, 3.63) is 54.1 Å². The lowest BCUT2D eigenvalue weighted by atomic mass is 10.2. The summed E-state index contributed by atoms with van der Waals surface area (Å²) in [6.07, 6.45) is 1.30. The van der Waals surface area contributed by atoms with Crippen LogP contribution < -0.4 is 14.9 Å². The summed E-state index contributed by atoms with van der Waals surface area (Å²) < 4.78 is 33.0. The van der Waals surface area contributed by atoms with Crippen molar-refractivity contribution in [1.29, 1.82) is 0 Å².